The standard InChI is InChI=1S/C8H18N2/c1-3-4-5-10(2)8-6-9-7-8/h8-9H,3-7H2,1-2H3. The van der Waals surface area contributed by atoms with Crippen LogP contribution in [0.2, 0.25) is 0 Å². The van der Waals surface area contributed by atoms with E-state index in [0.717, 1.165) is 6.04 Å². The third-order valence-corrected chi connectivity index (χ3v) is 2.25. The number of hydrogen-bond acceptors (Lipinski definition) is 2. The van der Waals surface area contributed by atoms with Gasteiger partial charge in [-0.2, -0.15) is 0 Å². The highest BCUT2D eigenvalue weighted by Gasteiger charge is 2.20. The van der Waals surface area contributed by atoms with Crippen LogP contribution in [0.1, 0.15) is 19.8 Å². The van der Waals surface area contributed by atoms with Gasteiger partial charge in [0.1, 0.15) is 0 Å². The van der Waals surface area contributed by atoms with Gasteiger partial charge in [0.2, 0.25) is 0 Å². The third kappa shape index (κ3) is 1.96. The predicted octanol–water partition coefficient (Wildman–Crippen LogP) is 0.690. The molecule has 1 aliphatic heterocycles. The first-order chi connectivity index (χ1) is 4.84. The van der Waals surface area contributed by atoms with Gasteiger partial charge in [0.15, 0.2) is 0 Å². The Morgan fingerprint density at radius 2 is 2.20 bits per heavy atom. The van der Waals surface area contributed by atoms with Crippen molar-refractivity contribution >= 4 is 0 Å². The van der Waals surface area contributed by atoms with Gasteiger partial charge < -0.3 is 10.2 Å². The molecule has 0 radical (unpaired) electrons. The Morgan fingerprint density at radius 1 is 1.50 bits per heavy atom. The molecule has 60 valence electrons. The second-order valence-electron chi connectivity index (χ2n) is 3.15. The van der Waals surface area contributed by atoms with Crippen molar-refractivity contribution in [3.8, 4) is 0 Å². The molecule has 10 heavy (non-hydrogen) atoms. The molecule has 0 atom stereocenters. The number of rotatable bonds is 4. The second-order valence-corrected chi connectivity index (χ2v) is 3.15. The van der Waals surface area contributed by atoms with Gasteiger partial charge in [-0.25, -0.2) is 0 Å². The van der Waals surface area contributed by atoms with Crippen molar-refractivity contribution in [2.75, 3.05) is 26.7 Å². The Labute approximate surface area is 63.6 Å². The summed E-state index contributed by atoms with van der Waals surface area (Å²) in [6, 6.07) is 0.826. The number of nitrogens with one attached hydrogen (secondary N) is 1. The first kappa shape index (κ1) is 8.02. The maximum atomic E-state index is 3.28. The van der Waals surface area contributed by atoms with E-state index in [4.69, 9.17) is 0 Å². The van der Waals surface area contributed by atoms with Gasteiger partial charge >= 0.3 is 0 Å². The van der Waals surface area contributed by atoms with Crippen LogP contribution in [-0.4, -0.2) is 37.6 Å². The molecule has 0 amide bonds. The summed E-state index contributed by atoms with van der Waals surface area (Å²) in [6.45, 7) is 5.90. The smallest absolute Gasteiger partial charge is 0.0342 e. The van der Waals surface area contributed by atoms with Crippen LogP contribution in [0.4, 0.5) is 0 Å². The fraction of sp³-hybridized carbons (Fsp3) is 1.00. The summed E-state index contributed by atoms with van der Waals surface area (Å²) < 4.78 is 0. The van der Waals surface area contributed by atoms with Crippen molar-refractivity contribution in [3.05, 3.63) is 0 Å². The number of hydrogen-bond donors (Lipinski definition) is 1. The monoisotopic (exact) mass is 142 g/mol. The van der Waals surface area contributed by atoms with Crippen molar-refractivity contribution in [2.24, 2.45) is 0 Å². The average Bonchev–Trinajstić information content (AvgIpc) is 1.79. The highest BCUT2D eigenvalue weighted by Crippen LogP contribution is 2.02. The number of nitrogens with zero attached hydrogens (tertiary/aromatic N) is 1. The molecule has 0 aromatic heterocycles. The zero-order valence-corrected chi connectivity index (χ0v) is 7.06. The van der Waals surface area contributed by atoms with Crippen molar-refractivity contribution in [3.63, 3.8) is 0 Å². The highest BCUT2D eigenvalue weighted by atomic mass is 15.2. The van der Waals surface area contributed by atoms with Gasteiger partial charge in [-0.05, 0) is 20.0 Å². The van der Waals surface area contributed by atoms with Crippen LogP contribution in [0.3, 0.4) is 0 Å². The van der Waals surface area contributed by atoms with Crippen LogP contribution in [0.25, 0.3) is 0 Å². The maximum absolute atomic E-state index is 3.28. The van der Waals surface area contributed by atoms with Crippen LogP contribution in [0.15, 0.2) is 0 Å². The predicted molar refractivity (Wildman–Crippen MR) is 44.2 cm³/mol. The fourth-order valence-electron chi connectivity index (χ4n) is 1.18. The van der Waals surface area contributed by atoms with Crippen LogP contribution in [0.5, 0.6) is 0 Å². The summed E-state index contributed by atoms with van der Waals surface area (Å²) in [5.74, 6) is 0. The molecule has 1 N–H and O–H groups in total. The summed E-state index contributed by atoms with van der Waals surface area (Å²) >= 11 is 0. The van der Waals surface area contributed by atoms with Crippen LogP contribution in [0, 0.1) is 0 Å². The lowest BCUT2D eigenvalue weighted by Crippen LogP contribution is -2.55. The van der Waals surface area contributed by atoms with E-state index >= 15 is 0 Å². The summed E-state index contributed by atoms with van der Waals surface area (Å²) in [5, 5.41) is 3.28. The minimum atomic E-state index is 0.826. The Morgan fingerprint density at radius 3 is 2.60 bits per heavy atom. The summed E-state index contributed by atoms with van der Waals surface area (Å²) in [5.41, 5.74) is 0. The van der Waals surface area contributed by atoms with Gasteiger partial charge in [-0.3, -0.25) is 0 Å². The lowest BCUT2D eigenvalue weighted by Gasteiger charge is -2.35. The van der Waals surface area contributed by atoms with E-state index in [9.17, 15) is 0 Å². The van der Waals surface area contributed by atoms with Crippen molar-refractivity contribution in [1.82, 2.24) is 10.2 Å². The molecule has 2 heteroatoms. The molecule has 1 saturated heterocycles. The molecule has 0 unspecified atom stereocenters. The van der Waals surface area contributed by atoms with Gasteiger partial charge in [0, 0.05) is 19.1 Å². The quantitative estimate of drug-likeness (QED) is 0.621. The lowest BCUT2D eigenvalue weighted by atomic mass is 10.1. The van der Waals surface area contributed by atoms with E-state index in [-0.39, 0.29) is 0 Å². The Balaban J connectivity index is 2.02. The first-order valence-electron chi connectivity index (χ1n) is 4.25. The molecular formula is C8H18N2. The highest BCUT2D eigenvalue weighted by molar-refractivity contribution is 4.82. The van der Waals surface area contributed by atoms with Crippen LogP contribution < -0.4 is 5.32 Å². The molecule has 0 spiro atoms. The Kier molecular flexibility index (Phi) is 3.16. The minimum Gasteiger partial charge on any atom is -0.314 e. The molecule has 0 aliphatic carbocycles. The zero-order chi connectivity index (χ0) is 7.40. The normalized spacial score (nSPS) is 19.5. The van der Waals surface area contributed by atoms with Gasteiger partial charge in [-0.1, -0.05) is 13.3 Å². The third-order valence-electron chi connectivity index (χ3n) is 2.25. The van der Waals surface area contributed by atoms with Crippen molar-refractivity contribution in [2.45, 2.75) is 25.8 Å². The topological polar surface area (TPSA) is 15.3 Å². The maximum Gasteiger partial charge on any atom is 0.0342 e. The zero-order valence-electron chi connectivity index (χ0n) is 7.06. The second kappa shape index (κ2) is 3.94. The molecule has 0 aromatic carbocycles. The van der Waals surface area contributed by atoms with Crippen LogP contribution >= 0.6 is 0 Å². The van der Waals surface area contributed by atoms with E-state index in [1.165, 1.54) is 32.5 Å². The molecular weight excluding hydrogens is 124 g/mol. The molecule has 1 heterocycles. The minimum absolute atomic E-state index is 0.826. The van der Waals surface area contributed by atoms with Gasteiger partial charge in [0.05, 0.1) is 0 Å². The Bertz CT molecular complexity index is 89.3. The van der Waals surface area contributed by atoms with E-state index in [0.29, 0.717) is 0 Å². The van der Waals surface area contributed by atoms with E-state index in [1.807, 2.05) is 0 Å². The molecule has 0 aromatic rings. The van der Waals surface area contributed by atoms with E-state index in [1.54, 1.807) is 0 Å². The molecule has 1 fully saturated rings. The van der Waals surface area contributed by atoms with E-state index in [2.05, 4.69) is 24.2 Å². The van der Waals surface area contributed by atoms with Gasteiger partial charge in [0.25, 0.3) is 0 Å². The molecule has 0 bridgehead atoms. The molecule has 2 nitrogen and oxygen atoms in total. The van der Waals surface area contributed by atoms with Crippen LogP contribution in [-0.2, 0) is 0 Å². The largest absolute Gasteiger partial charge is 0.314 e. The molecule has 0 saturated carbocycles. The number of unbranched alkanes of at least 4 members (excludes halogenated alkanes) is 1. The Hall–Kier alpha value is -0.0800. The summed E-state index contributed by atoms with van der Waals surface area (Å²) in [7, 11) is 2.22. The fourth-order valence-corrected chi connectivity index (χ4v) is 1.18. The van der Waals surface area contributed by atoms with Crippen molar-refractivity contribution < 1.29 is 0 Å². The molecule has 1 aliphatic rings. The van der Waals surface area contributed by atoms with E-state index < -0.39 is 0 Å². The lowest BCUT2D eigenvalue weighted by molar-refractivity contribution is 0.178. The summed E-state index contributed by atoms with van der Waals surface area (Å²) in [6.07, 6.45) is 2.65. The van der Waals surface area contributed by atoms with Gasteiger partial charge in [-0.15, -0.1) is 0 Å². The average molecular weight is 142 g/mol. The SMILES string of the molecule is CCCCN(C)C1CNC1. The summed E-state index contributed by atoms with van der Waals surface area (Å²) in [4.78, 5) is 2.46. The number of likely N-dealkylation sites (N-methyl/N-ethyl adjacent to an activating group) is 1. The van der Waals surface area contributed by atoms with Crippen molar-refractivity contribution in [1.29, 1.82) is 0 Å². The first-order valence-corrected chi connectivity index (χ1v) is 4.25. The molecule has 1 rings (SSSR count).